The van der Waals surface area contributed by atoms with Crippen LogP contribution < -0.4 is 5.32 Å². The van der Waals surface area contributed by atoms with Crippen molar-refractivity contribution >= 4 is 23.2 Å². The van der Waals surface area contributed by atoms with Crippen molar-refractivity contribution in [1.82, 2.24) is 4.98 Å². The molecular formula is C20H19ClN2O2. The minimum atomic E-state index is -0.0522. The molecule has 1 amide bonds. The highest BCUT2D eigenvalue weighted by molar-refractivity contribution is 6.30. The number of aryl methyl sites for hydroxylation is 3. The normalized spacial score (nSPS) is 10.7. The first-order chi connectivity index (χ1) is 12.0. The third-order valence-electron chi connectivity index (χ3n) is 3.99. The molecule has 2 aromatic carbocycles. The van der Waals surface area contributed by atoms with Crippen molar-refractivity contribution < 1.29 is 9.21 Å². The highest BCUT2D eigenvalue weighted by Gasteiger charge is 2.11. The molecule has 25 heavy (non-hydrogen) atoms. The summed E-state index contributed by atoms with van der Waals surface area (Å²) in [6.45, 7) is 3.96. The summed E-state index contributed by atoms with van der Waals surface area (Å²) < 4.78 is 5.72. The fourth-order valence-corrected chi connectivity index (χ4v) is 2.73. The molecule has 3 rings (SSSR count). The highest BCUT2D eigenvalue weighted by Crippen LogP contribution is 2.23. The van der Waals surface area contributed by atoms with Gasteiger partial charge >= 0.3 is 0 Å². The summed E-state index contributed by atoms with van der Waals surface area (Å²) in [5.74, 6) is 1.16. The minimum absolute atomic E-state index is 0.0522. The van der Waals surface area contributed by atoms with Crippen molar-refractivity contribution in [2.45, 2.75) is 26.7 Å². The summed E-state index contributed by atoms with van der Waals surface area (Å²) in [4.78, 5) is 16.5. The van der Waals surface area contributed by atoms with Gasteiger partial charge < -0.3 is 9.73 Å². The molecule has 5 heteroatoms. The van der Waals surface area contributed by atoms with Gasteiger partial charge in [-0.1, -0.05) is 29.8 Å². The van der Waals surface area contributed by atoms with E-state index in [1.165, 1.54) is 0 Å². The average Bonchev–Trinajstić information content (AvgIpc) is 3.06. The number of aromatic nitrogens is 1. The fraction of sp³-hybridized carbons (Fsp3) is 0.200. The molecule has 1 N–H and O–H groups in total. The van der Waals surface area contributed by atoms with Crippen LogP contribution in [0.1, 0.15) is 23.4 Å². The van der Waals surface area contributed by atoms with Crippen LogP contribution in [0.2, 0.25) is 5.02 Å². The zero-order valence-electron chi connectivity index (χ0n) is 14.2. The monoisotopic (exact) mass is 354 g/mol. The maximum atomic E-state index is 12.2. The predicted octanol–water partition coefficient (Wildman–Crippen LogP) is 5.18. The van der Waals surface area contributed by atoms with E-state index in [-0.39, 0.29) is 5.91 Å². The maximum absolute atomic E-state index is 12.2. The van der Waals surface area contributed by atoms with Gasteiger partial charge in [0.05, 0.1) is 6.20 Å². The zero-order chi connectivity index (χ0) is 17.8. The summed E-state index contributed by atoms with van der Waals surface area (Å²) in [6, 6.07) is 13.3. The van der Waals surface area contributed by atoms with E-state index in [2.05, 4.69) is 10.3 Å². The van der Waals surface area contributed by atoms with Gasteiger partial charge in [-0.25, -0.2) is 4.98 Å². The van der Waals surface area contributed by atoms with Crippen molar-refractivity contribution in [3.8, 4) is 11.3 Å². The molecule has 0 bridgehead atoms. The maximum Gasteiger partial charge on any atom is 0.224 e. The van der Waals surface area contributed by atoms with E-state index in [0.717, 1.165) is 22.4 Å². The van der Waals surface area contributed by atoms with Crippen LogP contribution >= 0.6 is 11.6 Å². The molecule has 0 fully saturated rings. The molecule has 0 spiro atoms. The Morgan fingerprint density at radius 1 is 1.12 bits per heavy atom. The third kappa shape index (κ3) is 4.28. The van der Waals surface area contributed by atoms with Crippen molar-refractivity contribution in [1.29, 1.82) is 0 Å². The molecule has 128 valence electrons. The standard InChI is InChI=1S/C20H19ClN2O2/c1-13-4-3-5-14(2)20(13)23-18(24)10-11-19-22-12-17(25-19)15-6-8-16(21)9-7-15/h3-9,12H,10-11H2,1-2H3,(H,23,24). The lowest BCUT2D eigenvalue weighted by molar-refractivity contribution is -0.116. The lowest BCUT2D eigenvalue weighted by Gasteiger charge is -2.10. The van der Waals surface area contributed by atoms with Gasteiger partial charge in [-0.15, -0.1) is 0 Å². The van der Waals surface area contributed by atoms with Crippen LogP contribution in [-0.2, 0) is 11.2 Å². The Kier molecular flexibility index (Phi) is 5.19. The third-order valence-corrected chi connectivity index (χ3v) is 4.25. The van der Waals surface area contributed by atoms with Crippen LogP contribution in [0.5, 0.6) is 0 Å². The second-order valence-electron chi connectivity index (χ2n) is 5.94. The van der Waals surface area contributed by atoms with Crippen LogP contribution in [0.4, 0.5) is 5.69 Å². The Morgan fingerprint density at radius 2 is 1.80 bits per heavy atom. The summed E-state index contributed by atoms with van der Waals surface area (Å²) in [5, 5.41) is 3.64. The van der Waals surface area contributed by atoms with Crippen LogP contribution in [0.25, 0.3) is 11.3 Å². The number of para-hydroxylation sites is 1. The largest absolute Gasteiger partial charge is 0.441 e. The first-order valence-corrected chi connectivity index (χ1v) is 8.47. The Hall–Kier alpha value is -2.59. The fourth-order valence-electron chi connectivity index (χ4n) is 2.61. The second kappa shape index (κ2) is 7.53. The van der Waals surface area contributed by atoms with Gasteiger partial charge in [0.15, 0.2) is 11.7 Å². The molecule has 0 aliphatic carbocycles. The summed E-state index contributed by atoms with van der Waals surface area (Å²) in [6.07, 6.45) is 2.43. The van der Waals surface area contributed by atoms with Gasteiger partial charge in [-0.2, -0.15) is 0 Å². The molecule has 3 aromatic rings. The smallest absolute Gasteiger partial charge is 0.224 e. The van der Waals surface area contributed by atoms with Crippen molar-refractivity contribution in [2.24, 2.45) is 0 Å². The molecule has 0 atom stereocenters. The Bertz CT molecular complexity index is 865. The summed E-state index contributed by atoms with van der Waals surface area (Å²) >= 11 is 5.89. The van der Waals surface area contributed by atoms with Gasteiger partial charge in [0.2, 0.25) is 5.91 Å². The number of hydrogen-bond donors (Lipinski definition) is 1. The molecular weight excluding hydrogens is 336 g/mol. The number of rotatable bonds is 5. The Balaban J connectivity index is 1.60. The van der Waals surface area contributed by atoms with Gasteiger partial charge in [0.25, 0.3) is 0 Å². The van der Waals surface area contributed by atoms with Crippen LogP contribution in [0.3, 0.4) is 0 Å². The molecule has 0 aliphatic rings. The number of carbonyl (C=O) groups is 1. The van der Waals surface area contributed by atoms with Crippen molar-refractivity contribution in [3.63, 3.8) is 0 Å². The number of hydrogen-bond acceptors (Lipinski definition) is 3. The van der Waals surface area contributed by atoms with Crippen LogP contribution in [-0.4, -0.2) is 10.9 Å². The zero-order valence-corrected chi connectivity index (χ0v) is 14.9. The summed E-state index contributed by atoms with van der Waals surface area (Å²) in [7, 11) is 0. The minimum Gasteiger partial charge on any atom is -0.441 e. The van der Waals surface area contributed by atoms with Gasteiger partial charge in [-0.05, 0) is 49.2 Å². The summed E-state index contributed by atoms with van der Waals surface area (Å²) in [5.41, 5.74) is 3.88. The lowest BCUT2D eigenvalue weighted by Crippen LogP contribution is -2.14. The van der Waals surface area contributed by atoms with E-state index < -0.39 is 0 Å². The number of amides is 1. The second-order valence-corrected chi connectivity index (χ2v) is 6.38. The van der Waals surface area contributed by atoms with E-state index in [9.17, 15) is 4.79 Å². The number of oxazole rings is 1. The van der Waals surface area contributed by atoms with Gasteiger partial charge in [0, 0.05) is 29.1 Å². The SMILES string of the molecule is Cc1cccc(C)c1NC(=O)CCc1ncc(-c2ccc(Cl)cc2)o1. The molecule has 0 saturated carbocycles. The first kappa shape index (κ1) is 17.2. The average molecular weight is 355 g/mol. The Labute approximate surface area is 151 Å². The molecule has 0 saturated heterocycles. The lowest BCUT2D eigenvalue weighted by atomic mass is 10.1. The van der Waals surface area contributed by atoms with E-state index in [1.54, 1.807) is 18.3 Å². The predicted molar refractivity (Wildman–Crippen MR) is 99.8 cm³/mol. The van der Waals surface area contributed by atoms with Gasteiger partial charge in [0.1, 0.15) is 0 Å². The van der Waals surface area contributed by atoms with E-state index in [0.29, 0.717) is 29.5 Å². The highest BCUT2D eigenvalue weighted by atomic mass is 35.5. The topological polar surface area (TPSA) is 55.1 Å². The van der Waals surface area contributed by atoms with E-state index in [1.807, 2.05) is 44.2 Å². The number of nitrogens with one attached hydrogen (secondary N) is 1. The van der Waals surface area contributed by atoms with Crippen molar-refractivity contribution in [3.05, 3.63) is 70.7 Å². The quantitative estimate of drug-likeness (QED) is 0.686. The van der Waals surface area contributed by atoms with Crippen molar-refractivity contribution in [2.75, 3.05) is 5.32 Å². The number of anilines is 1. The molecule has 4 nitrogen and oxygen atoms in total. The number of carbonyl (C=O) groups excluding carboxylic acids is 1. The van der Waals surface area contributed by atoms with E-state index >= 15 is 0 Å². The van der Waals surface area contributed by atoms with Gasteiger partial charge in [-0.3, -0.25) is 4.79 Å². The first-order valence-electron chi connectivity index (χ1n) is 8.09. The van der Waals surface area contributed by atoms with E-state index in [4.69, 9.17) is 16.0 Å². The number of halogens is 1. The van der Waals surface area contributed by atoms with Crippen LogP contribution in [0.15, 0.2) is 53.1 Å². The molecule has 0 radical (unpaired) electrons. The molecule has 1 heterocycles. The molecule has 0 aliphatic heterocycles. The molecule has 1 aromatic heterocycles. The Morgan fingerprint density at radius 3 is 2.48 bits per heavy atom. The number of benzene rings is 2. The van der Waals surface area contributed by atoms with Crippen LogP contribution in [0, 0.1) is 13.8 Å². The molecule has 0 unspecified atom stereocenters. The number of nitrogens with zero attached hydrogens (tertiary/aromatic N) is 1.